The van der Waals surface area contributed by atoms with Crippen molar-refractivity contribution in [2.45, 2.75) is 51.4 Å². The fourth-order valence-corrected chi connectivity index (χ4v) is 3.26. The van der Waals surface area contributed by atoms with Gasteiger partial charge in [-0.15, -0.1) is 23.5 Å². The summed E-state index contributed by atoms with van der Waals surface area (Å²) < 4.78 is 10.3. The number of hydrogen-bond acceptors (Lipinski definition) is 6. The maximum Gasteiger partial charge on any atom is 0.306 e. The van der Waals surface area contributed by atoms with Crippen molar-refractivity contribution in [3.63, 3.8) is 0 Å². The molecule has 1 aliphatic rings. The zero-order chi connectivity index (χ0) is 14.5. The first-order chi connectivity index (χ1) is 9.79. The predicted octanol–water partition coefficient (Wildman–Crippen LogP) is 3.59. The number of esters is 2. The van der Waals surface area contributed by atoms with Crippen molar-refractivity contribution in [2.75, 3.05) is 23.4 Å². The molecule has 0 N–H and O–H groups in total. The van der Waals surface area contributed by atoms with Gasteiger partial charge in [-0.2, -0.15) is 0 Å². The molecule has 0 radical (unpaired) electrons. The molecule has 1 saturated heterocycles. The molecule has 20 heavy (non-hydrogen) atoms. The topological polar surface area (TPSA) is 52.6 Å². The highest BCUT2D eigenvalue weighted by Gasteiger charge is 2.05. The van der Waals surface area contributed by atoms with E-state index in [9.17, 15) is 9.59 Å². The lowest BCUT2D eigenvalue weighted by atomic mass is 10.2. The van der Waals surface area contributed by atoms with Gasteiger partial charge in [0.25, 0.3) is 0 Å². The summed E-state index contributed by atoms with van der Waals surface area (Å²) in [6.07, 6.45) is 6.91. The summed E-state index contributed by atoms with van der Waals surface area (Å²) in [6.45, 7) is 0. The second-order valence-electron chi connectivity index (χ2n) is 4.71. The Morgan fingerprint density at radius 3 is 1.55 bits per heavy atom. The molecule has 4 nitrogen and oxygen atoms in total. The molecule has 6 heteroatoms. The Kier molecular flexibility index (Phi) is 11.0. The van der Waals surface area contributed by atoms with Crippen molar-refractivity contribution >= 4 is 35.5 Å². The van der Waals surface area contributed by atoms with E-state index in [0.717, 1.165) is 50.0 Å². The summed E-state index contributed by atoms with van der Waals surface area (Å²) in [6, 6.07) is 0. The minimum Gasteiger partial charge on any atom is -0.455 e. The van der Waals surface area contributed by atoms with E-state index in [1.165, 1.54) is 0 Å². The highest BCUT2D eigenvalue weighted by Crippen LogP contribution is 2.12. The molecule has 1 heterocycles. The second kappa shape index (κ2) is 12.4. The van der Waals surface area contributed by atoms with Crippen LogP contribution in [0, 0.1) is 0 Å². The van der Waals surface area contributed by atoms with Gasteiger partial charge in [-0.3, -0.25) is 9.59 Å². The SMILES string of the molecule is O=C1CCCCCSCOC(=O)CCCCCSCO1. The molecule has 1 fully saturated rings. The number of ether oxygens (including phenoxy) is 2. The summed E-state index contributed by atoms with van der Waals surface area (Å²) in [5.74, 6) is 2.68. The average Bonchev–Trinajstić information content (AvgIpc) is 2.43. The minimum atomic E-state index is -0.0831. The summed E-state index contributed by atoms with van der Waals surface area (Å²) in [5.41, 5.74) is 0. The molecule has 0 aromatic heterocycles. The lowest BCUT2D eigenvalue weighted by Gasteiger charge is -2.07. The highest BCUT2D eigenvalue weighted by atomic mass is 32.2. The van der Waals surface area contributed by atoms with Gasteiger partial charge in [0.05, 0.1) is 0 Å². The highest BCUT2D eigenvalue weighted by molar-refractivity contribution is 7.99. The van der Waals surface area contributed by atoms with Crippen LogP contribution in [-0.2, 0) is 19.1 Å². The molecule has 1 rings (SSSR count). The van der Waals surface area contributed by atoms with E-state index in [1.54, 1.807) is 23.5 Å². The molecule has 0 bridgehead atoms. The van der Waals surface area contributed by atoms with Gasteiger partial charge < -0.3 is 9.47 Å². The van der Waals surface area contributed by atoms with Crippen molar-refractivity contribution in [3.8, 4) is 0 Å². The van der Waals surface area contributed by atoms with Gasteiger partial charge >= 0.3 is 11.9 Å². The average molecular weight is 320 g/mol. The van der Waals surface area contributed by atoms with E-state index < -0.39 is 0 Å². The van der Waals surface area contributed by atoms with Crippen LogP contribution < -0.4 is 0 Å². The number of thioether (sulfide) groups is 2. The molecule has 0 amide bonds. The van der Waals surface area contributed by atoms with Gasteiger partial charge in [0.2, 0.25) is 0 Å². The summed E-state index contributed by atoms with van der Waals surface area (Å²) >= 11 is 3.28. The van der Waals surface area contributed by atoms with E-state index in [1.807, 2.05) is 0 Å². The van der Waals surface area contributed by atoms with E-state index in [-0.39, 0.29) is 11.9 Å². The van der Waals surface area contributed by atoms with Gasteiger partial charge in [0.1, 0.15) is 11.9 Å². The number of rotatable bonds is 0. The van der Waals surface area contributed by atoms with Gasteiger partial charge in [-0.25, -0.2) is 0 Å². The zero-order valence-corrected chi connectivity index (χ0v) is 13.6. The van der Waals surface area contributed by atoms with E-state index in [0.29, 0.717) is 24.7 Å². The Morgan fingerprint density at radius 2 is 1.10 bits per heavy atom. The fraction of sp³-hybridized carbons (Fsp3) is 0.857. The second-order valence-corrected chi connectivity index (χ2v) is 6.81. The number of cyclic esters (lactones) is 2. The molecule has 0 saturated carbocycles. The fourth-order valence-electron chi connectivity index (χ4n) is 1.78. The molecule has 0 spiro atoms. The smallest absolute Gasteiger partial charge is 0.306 e. The first-order valence-corrected chi connectivity index (χ1v) is 9.57. The molecular formula is C14H24O4S2. The molecule has 0 aromatic rings. The van der Waals surface area contributed by atoms with Gasteiger partial charge in [0, 0.05) is 12.8 Å². The zero-order valence-electron chi connectivity index (χ0n) is 11.9. The minimum absolute atomic E-state index is 0.0831. The van der Waals surface area contributed by atoms with Crippen molar-refractivity contribution in [2.24, 2.45) is 0 Å². The van der Waals surface area contributed by atoms with Gasteiger partial charge in [-0.1, -0.05) is 12.8 Å². The van der Waals surface area contributed by atoms with E-state index in [4.69, 9.17) is 9.47 Å². The van der Waals surface area contributed by atoms with Crippen LogP contribution in [0.3, 0.4) is 0 Å². The van der Waals surface area contributed by atoms with Crippen LogP contribution in [0.15, 0.2) is 0 Å². The molecule has 0 aromatic carbocycles. The third kappa shape index (κ3) is 10.4. The van der Waals surface area contributed by atoms with Crippen molar-refractivity contribution in [1.82, 2.24) is 0 Å². The van der Waals surface area contributed by atoms with E-state index in [2.05, 4.69) is 0 Å². The number of carbonyl (C=O) groups excluding carboxylic acids is 2. The van der Waals surface area contributed by atoms with Crippen molar-refractivity contribution < 1.29 is 19.1 Å². The van der Waals surface area contributed by atoms with Crippen molar-refractivity contribution in [3.05, 3.63) is 0 Å². The van der Waals surface area contributed by atoms with E-state index >= 15 is 0 Å². The maximum absolute atomic E-state index is 11.4. The van der Waals surface area contributed by atoms with Crippen LogP contribution in [0.4, 0.5) is 0 Å². The number of hydrogen-bond donors (Lipinski definition) is 0. The van der Waals surface area contributed by atoms with Crippen LogP contribution in [0.2, 0.25) is 0 Å². The predicted molar refractivity (Wildman–Crippen MR) is 83.8 cm³/mol. The Bertz CT molecular complexity index is 232. The van der Waals surface area contributed by atoms with Crippen LogP contribution in [0.5, 0.6) is 0 Å². The van der Waals surface area contributed by atoms with Crippen LogP contribution >= 0.6 is 23.5 Å². The monoisotopic (exact) mass is 320 g/mol. The Balaban J connectivity index is 2.19. The van der Waals surface area contributed by atoms with Crippen LogP contribution in [-0.4, -0.2) is 35.3 Å². The van der Waals surface area contributed by atoms with Crippen LogP contribution in [0.25, 0.3) is 0 Å². The quantitative estimate of drug-likeness (QED) is 0.636. The summed E-state index contributed by atoms with van der Waals surface area (Å²) in [4.78, 5) is 22.8. The molecular weight excluding hydrogens is 296 g/mol. The Labute approximate surface area is 129 Å². The first kappa shape index (κ1) is 17.7. The molecule has 0 unspecified atom stereocenters. The lowest BCUT2D eigenvalue weighted by molar-refractivity contribution is -0.142. The summed E-state index contributed by atoms with van der Waals surface area (Å²) in [5, 5.41) is 0. The molecule has 1 aliphatic heterocycles. The Morgan fingerprint density at radius 1 is 0.650 bits per heavy atom. The Hall–Kier alpha value is -0.360. The lowest BCUT2D eigenvalue weighted by Crippen LogP contribution is -2.05. The third-order valence-electron chi connectivity index (χ3n) is 2.95. The molecule has 0 atom stereocenters. The maximum atomic E-state index is 11.4. The first-order valence-electron chi connectivity index (χ1n) is 7.26. The van der Waals surface area contributed by atoms with Gasteiger partial charge in [-0.05, 0) is 37.2 Å². The third-order valence-corrected chi connectivity index (χ3v) is 4.67. The summed E-state index contributed by atoms with van der Waals surface area (Å²) in [7, 11) is 0. The largest absolute Gasteiger partial charge is 0.455 e. The van der Waals surface area contributed by atoms with Gasteiger partial charge in [0.15, 0.2) is 0 Å². The normalized spacial score (nSPS) is 22.2. The number of carbonyl (C=O) groups is 2. The van der Waals surface area contributed by atoms with Crippen molar-refractivity contribution in [1.29, 1.82) is 0 Å². The molecule has 116 valence electrons. The standard InChI is InChI=1S/C14H24O4S2/c15-13-7-3-1-5-9-19-11-18-14(16)8-4-2-6-10-20-12-17-13/h1-12H2. The molecule has 0 aliphatic carbocycles. The van der Waals surface area contributed by atoms with Crippen LogP contribution in [0.1, 0.15) is 51.4 Å².